The largest absolute Gasteiger partial charge is 0.497 e. The fourth-order valence-electron chi connectivity index (χ4n) is 1.75. The van der Waals surface area contributed by atoms with Gasteiger partial charge in [0.1, 0.15) is 17.0 Å². The Labute approximate surface area is 115 Å². The second-order valence-electron chi connectivity index (χ2n) is 3.98. The van der Waals surface area contributed by atoms with Crippen LogP contribution in [0.25, 0.3) is 11.2 Å². The average Bonchev–Trinajstić information content (AvgIpc) is 2.96. The molecular formula is C13H13N5O2. The van der Waals surface area contributed by atoms with Crippen LogP contribution in [0.15, 0.2) is 30.6 Å². The van der Waals surface area contributed by atoms with Crippen LogP contribution in [0.4, 0.5) is 5.95 Å². The summed E-state index contributed by atoms with van der Waals surface area (Å²) in [5.74, 6) is 2.29. The Bertz CT molecular complexity index is 723. The van der Waals surface area contributed by atoms with Crippen molar-refractivity contribution in [2.45, 2.75) is 0 Å². The molecule has 1 aromatic carbocycles. The van der Waals surface area contributed by atoms with Gasteiger partial charge in [0.15, 0.2) is 5.65 Å². The molecule has 7 heteroatoms. The van der Waals surface area contributed by atoms with Crippen LogP contribution in [0, 0.1) is 0 Å². The number of aromatic nitrogens is 4. The predicted molar refractivity (Wildman–Crippen MR) is 74.3 cm³/mol. The number of anilines is 1. The number of H-pyrrole nitrogens is 1. The normalized spacial score (nSPS) is 10.5. The maximum atomic E-state index is 5.77. The lowest BCUT2D eigenvalue weighted by Crippen LogP contribution is -1.99. The number of hydrogen-bond donors (Lipinski definition) is 2. The highest BCUT2D eigenvalue weighted by molar-refractivity contribution is 5.77. The van der Waals surface area contributed by atoms with Gasteiger partial charge in [-0.1, -0.05) is 0 Å². The molecule has 0 aliphatic heterocycles. The summed E-state index contributed by atoms with van der Waals surface area (Å²) in [5.41, 5.74) is 1.20. The number of rotatable bonds is 4. The van der Waals surface area contributed by atoms with E-state index in [-0.39, 0.29) is 0 Å². The highest BCUT2D eigenvalue weighted by Gasteiger charge is 2.11. The maximum absolute atomic E-state index is 5.77. The third-order valence-electron chi connectivity index (χ3n) is 2.75. The number of benzene rings is 1. The van der Waals surface area contributed by atoms with E-state index in [4.69, 9.17) is 9.47 Å². The molecule has 7 nitrogen and oxygen atoms in total. The van der Waals surface area contributed by atoms with Gasteiger partial charge in [0.2, 0.25) is 5.95 Å². The van der Waals surface area contributed by atoms with Crippen molar-refractivity contribution >= 4 is 17.1 Å². The molecule has 0 saturated heterocycles. The molecular weight excluding hydrogens is 258 g/mol. The molecule has 0 aliphatic rings. The maximum Gasteiger partial charge on any atom is 0.250 e. The summed E-state index contributed by atoms with van der Waals surface area (Å²) in [6.45, 7) is 0. The van der Waals surface area contributed by atoms with Crippen molar-refractivity contribution in [1.82, 2.24) is 19.9 Å². The van der Waals surface area contributed by atoms with Gasteiger partial charge in [-0.05, 0) is 24.3 Å². The van der Waals surface area contributed by atoms with E-state index in [1.165, 1.54) is 0 Å². The minimum Gasteiger partial charge on any atom is -0.497 e. The molecule has 0 atom stereocenters. The minimum absolute atomic E-state index is 0.419. The molecule has 0 saturated carbocycles. The van der Waals surface area contributed by atoms with Gasteiger partial charge in [-0.25, -0.2) is 4.98 Å². The Kier molecular flexibility index (Phi) is 3.08. The van der Waals surface area contributed by atoms with Crippen molar-refractivity contribution in [2.75, 3.05) is 19.5 Å². The summed E-state index contributed by atoms with van der Waals surface area (Å²) in [5, 5.41) is 2.88. The van der Waals surface area contributed by atoms with Crippen LogP contribution in [0.2, 0.25) is 0 Å². The summed E-state index contributed by atoms with van der Waals surface area (Å²) in [6.07, 6.45) is 1.56. The van der Waals surface area contributed by atoms with Crippen LogP contribution >= 0.6 is 0 Å². The Morgan fingerprint density at radius 3 is 2.55 bits per heavy atom. The first kappa shape index (κ1) is 12.2. The molecule has 3 rings (SSSR count). The first-order valence-electron chi connectivity index (χ1n) is 6.01. The van der Waals surface area contributed by atoms with Crippen molar-refractivity contribution in [3.8, 4) is 17.4 Å². The van der Waals surface area contributed by atoms with Crippen LogP contribution in [-0.4, -0.2) is 34.1 Å². The number of nitrogens with one attached hydrogen (secondary N) is 2. The van der Waals surface area contributed by atoms with E-state index in [1.54, 1.807) is 20.5 Å². The van der Waals surface area contributed by atoms with Crippen LogP contribution in [-0.2, 0) is 0 Å². The van der Waals surface area contributed by atoms with Crippen molar-refractivity contribution in [3.63, 3.8) is 0 Å². The zero-order valence-corrected chi connectivity index (χ0v) is 11.0. The Morgan fingerprint density at radius 2 is 1.85 bits per heavy atom. The third-order valence-corrected chi connectivity index (χ3v) is 2.75. The lowest BCUT2D eigenvalue weighted by atomic mass is 10.3. The predicted octanol–water partition coefficient (Wildman–Crippen LogP) is 2.20. The van der Waals surface area contributed by atoms with Crippen molar-refractivity contribution in [1.29, 1.82) is 0 Å². The smallest absolute Gasteiger partial charge is 0.250 e. The van der Waals surface area contributed by atoms with Gasteiger partial charge in [-0.2, -0.15) is 9.97 Å². The third kappa shape index (κ3) is 2.20. The van der Waals surface area contributed by atoms with Gasteiger partial charge in [-0.3, -0.25) is 0 Å². The number of methoxy groups -OCH3 is 1. The number of nitrogens with zero attached hydrogens (tertiary/aromatic N) is 3. The minimum atomic E-state index is 0.419. The molecule has 0 radical (unpaired) electrons. The summed E-state index contributed by atoms with van der Waals surface area (Å²) < 4.78 is 10.9. The molecule has 0 amide bonds. The monoisotopic (exact) mass is 271 g/mol. The summed E-state index contributed by atoms with van der Waals surface area (Å²) in [7, 11) is 3.36. The van der Waals surface area contributed by atoms with Gasteiger partial charge in [-0.15, -0.1) is 0 Å². The summed E-state index contributed by atoms with van der Waals surface area (Å²) in [6, 6.07) is 7.25. The topological polar surface area (TPSA) is 85.0 Å². The fourth-order valence-corrected chi connectivity index (χ4v) is 1.75. The highest BCUT2D eigenvalue weighted by Crippen LogP contribution is 2.27. The van der Waals surface area contributed by atoms with E-state index >= 15 is 0 Å². The Morgan fingerprint density at radius 1 is 1.10 bits per heavy atom. The number of hydrogen-bond acceptors (Lipinski definition) is 6. The van der Waals surface area contributed by atoms with E-state index in [2.05, 4.69) is 25.3 Å². The second-order valence-corrected chi connectivity index (χ2v) is 3.98. The standard InChI is InChI=1S/C13H13N5O2/c1-14-13-17-11-10(15-7-16-11)12(18-13)20-9-5-3-8(19-2)4-6-9/h3-7H,1-2H3,(H2,14,15,16,17,18). The van der Waals surface area contributed by atoms with Crippen LogP contribution in [0.1, 0.15) is 0 Å². The lowest BCUT2D eigenvalue weighted by molar-refractivity contribution is 0.412. The zero-order valence-electron chi connectivity index (χ0n) is 11.0. The average molecular weight is 271 g/mol. The summed E-state index contributed by atoms with van der Waals surface area (Å²) >= 11 is 0. The van der Waals surface area contributed by atoms with Crippen LogP contribution in [0.3, 0.4) is 0 Å². The number of aromatic amines is 1. The van der Waals surface area contributed by atoms with Gasteiger partial charge in [0.25, 0.3) is 5.88 Å². The van der Waals surface area contributed by atoms with Crippen molar-refractivity contribution < 1.29 is 9.47 Å². The molecule has 0 unspecified atom stereocenters. The van der Waals surface area contributed by atoms with E-state index < -0.39 is 0 Å². The lowest BCUT2D eigenvalue weighted by Gasteiger charge is -2.07. The molecule has 102 valence electrons. The van der Waals surface area contributed by atoms with Gasteiger partial charge >= 0.3 is 0 Å². The zero-order chi connectivity index (χ0) is 13.9. The highest BCUT2D eigenvalue weighted by atomic mass is 16.5. The number of ether oxygens (including phenoxy) is 2. The quantitative estimate of drug-likeness (QED) is 0.756. The SMILES string of the molecule is CNc1nc(Oc2ccc(OC)cc2)c2[nH]cnc2n1. The van der Waals surface area contributed by atoms with E-state index in [0.717, 1.165) is 5.75 Å². The molecule has 2 N–H and O–H groups in total. The first-order chi connectivity index (χ1) is 9.80. The fraction of sp³-hybridized carbons (Fsp3) is 0.154. The van der Waals surface area contributed by atoms with Gasteiger partial charge in [0.05, 0.1) is 13.4 Å². The van der Waals surface area contributed by atoms with E-state index in [9.17, 15) is 0 Å². The van der Waals surface area contributed by atoms with Crippen molar-refractivity contribution in [3.05, 3.63) is 30.6 Å². The van der Waals surface area contributed by atoms with E-state index in [0.29, 0.717) is 28.7 Å². The van der Waals surface area contributed by atoms with E-state index in [1.807, 2.05) is 24.3 Å². The van der Waals surface area contributed by atoms with Crippen LogP contribution in [0.5, 0.6) is 17.4 Å². The Balaban J connectivity index is 1.98. The second kappa shape index (κ2) is 5.04. The summed E-state index contributed by atoms with van der Waals surface area (Å²) in [4.78, 5) is 15.6. The molecule has 0 bridgehead atoms. The molecule has 0 aliphatic carbocycles. The molecule has 2 aromatic heterocycles. The molecule has 20 heavy (non-hydrogen) atoms. The Hall–Kier alpha value is -2.83. The van der Waals surface area contributed by atoms with Gasteiger partial charge in [0, 0.05) is 7.05 Å². The number of imidazole rings is 1. The molecule has 2 heterocycles. The molecule has 3 aromatic rings. The van der Waals surface area contributed by atoms with Crippen LogP contribution < -0.4 is 14.8 Å². The van der Waals surface area contributed by atoms with Crippen molar-refractivity contribution in [2.24, 2.45) is 0 Å². The van der Waals surface area contributed by atoms with Gasteiger partial charge < -0.3 is 19.8 Å². The molecule has 0 spiro atoms. The number of fused-ring (bicyclic) bond motifs is 1. The first-order valence-corrected chi connectivity index (χ1v) is 6.01. The molecule has 0 fully saturated rings.